The molecule has 3 nitrogen and oxygen atoms in total. The zero-order valence-electron chi connectivity index (χ0n) is 16.1. The van der Waals surface area contributed by atoms with Crippen LogP contribution in [0.15, 0.2) is 42.5 Å². The number of amides is 1. The Morgan fingerprint density at radius 3 is 2.44 bits per heavy atom. The first-order valence-corrected chi connectivity index (χ1v) is 11.1. The third kappa shape index (κ3) is 3.13. The Hall–Kier alpha value is -1.65. The van der Waals surface area contributed by atoms with Crippen LogP contribution >= 0.6 is 11.3 Å². The van der Waals surface area contributed by atoms with Crippen LogP contribution in [0.1, 0.15) is 47.0 Å². The van der Waals surface area contributed by atoms with Crippen molar-refractivity contribution in [3.05, 3.63) is 57.8 Å². The van der Waals surface area contributed by atoms with Gasteiger partial charge in [0.2, 0.25) is 5.91 Å². The number of likely N-dealkylation sites (tertiary alicyclic amines) is 2. The molecule has 0 bridgehead atoms. The Balaban J connectivity index is 1.32. The zero-order chi connectivity index (χ0) is 18.4. The molecule has 2 aliphatic heterocycles. The predicted octanol–water partition coefficient (Wildman–Crippen LogP) is 4.63. The number of hydrogen-bond donors (Lipinski definition) is 0. The number of aryl methyl sites for hydroxylation is 1. The Kier molecular flexibility index (Phi) is 4.36. The van der Waals surface area contributed by atoms with Gasteiger partial charge in [0.05, 0.1) is 11.5 Å². The molecule has 3 fully saturated rings. The maximum absolute atomic E-state index is 13.3. The molecule has 4 heteroatoms. The van der Waals surface area contributed by atoms with Gasteiger partial charge in [0.15, 0.2) is 0 Å². The van der Waals surface area contributed by atoms with Gasteiger partial charge in [-0.25, -0.2) is 0 Å². The van der Waals surface area contributed by atoms with Crippen molar-refractivity contribution in [2.75, 3.05) is 19.6 Å². The highest BCUT2D eigenvalue weighted by Gasteiger charge is 2.61. The van der Waals surface area contributed by atoms with Gasteiger partial charge in [0.25, 0.3) is 0 Å². The molecule has 2 aromatic rings. The van der Waals surface area contributed by atoms with E-state index in [1.54, 1.807) is 0 Å². The van der Waals surface area contributed by atoms with Crippen LogP contribution in [0.5, 0.6) is 0 Å². The summed E-state index contributed by atoms with van der Waals surface area (Å²) in [4.78, 5) is 20.8. The fourth-order valence-electron chi connectivity index (χ4n) is 5.04. The van der Waals surface area contributed by atoms with Crippen LogP contribution in [0.25, 0.3) is 0 Å². The Morgan fingerprint density at radius 2 is 1.81 bits per heavy atom. The summed E-state index contributed by atoms with van der Waals surface area (Å²) in [6, 6.07) is 15.5. The van der Waals surface area contributed by atoms with Crippen molar-refractivity contribution < 1.29 is 4.79 Å². The summed E-state index contributed by atoms with van der Waals surface area (Å²) < 4.78 is 0. The Morgan fingerprint density at radius 1 is 1.07 bits per heavy atom. The van der Waals surface area contributed by atoms with Crippen molar-refractivity contribution in [3.8, 4) is 0 Å². The van der Waals surface area contributed by atoms with E-state index in [9.17, 15) is 4.79 Å². The van der Waals surface area contributed by atoms with E-state index in [-0.39, 0.29) is 11.5 Å². The van der Waals surface area contributed by atoms with Crippen LogP contribution in [0, 0.1) is 18.3 Å². The van der Waals surface area contributed by atoms with Gasteiger partial charge in [-0.05, 0) is 69.3 Å². The number of carbonyl (C=O) groups is 1. The summed E-state index contributed by atoms with van der Waals surface area (Å²) in [6.45, 7) is 6.24. The number of thiophene rings is 1. The quantitative estimate of drug-likeness (QED) is 0.706. The summed E-state index contributed by atoms with van der Waals surface area (Å²) in [5.74, 6) is 1.18. The highest BCUT2D eigenvalue weighted by molar-refractivity contribution is 7.11. The molecule has 1 aromatic heterocycles. The minimum absolute atomic E-state index is 0.155. The number of β-lactam (4-membered cyclic amide) rings is 1. The van der Waals surface area contributed by atoms with E-state index in [0.29, 0.717) is 5.91 Å². The van der Waals surface area contributed by atoms with E-state index in [1.807, 2.05) is 11.3 Å². The number of rotatable bonds is 5. The average Bonchev–Trinajstić information content (AvgIpc) is 3.43. The number of carbonyl (C=O) groups excluding carboxylic acids is 1. The van der Waals surface area contributed by atoms with Crippen molar-refractivity contribution in [1.82, 2.24) is 9.80 Å². The third-order valence-electron chi connectivity index (χ3n) is 6.71. The summed E-state index contributed by atoms with van der Waals surface area (Å²) in [5, 5.41) is 0. The normalized spacial score (nSPS) is 25.0. The topological polar surface area (TPSA) is 23.6 Å². The lowest BCUT2D eigenvalue weighted by molar-refractivity contribution is -0.181. The first-order chi connectivity index (χ1) is 13.2. The fourth-order valence-corrected chi connectivity index (χ4v) is 5.97. The second kappa shape index (κ2) is 6.75. The van der Waals surface area contributed by atoms with Crippen LogP contribution in [0.4, 0.5) is 0 Å². The molecule has 2 saturated heterocycles. The molecule has 27 heavy (non-hydrogen) atoms. The molecular weight excluding hydrogens is 352 g/mol. The van der Waals surface area contributed by atoms with Crippen LogP contribution in [-0.4, -0.2) is 35.3 Å². The second-order valence-electron chi connectivity index (χ2n) is 8.66. The minimum Gasteiger partial charge on any atom is -0.334 e. The van der Waals surface area contributed by atoms with Crippen LogP contribution < -0.4 is 0 Å². The van der Waals surface area contributed by atoms with Crippen LogP contribution in [-0.2, 0) is 11.3 Å². The molecule has 1 aliphatic carbocycles. The summed E-state index contributed by atoms with van der Waals surface area (Å²) >= 11 is 1.90. The molecule has 1 saturated carbocycles. The van der Waals surface area contributed by atoms with Gasteiger partial charge in [0.1, 0.15) is 0 Å². The van der Waals surface area contributed by atoms with Gasteiger partial charge < -0.3 is 4.90 Å². The van der Waals surface area contributed by atoms with E-state index in [1.165, 1.54) is 28.2 Å². The molecule has 1 atom stereocenters. The minimum atomic E-state index is -0.155. The Labute approximate surface area is 166 Å². The maximum Gasteiger partial charge on any atom is 0.231 e. The molecule has 3 heterocycles. The van der Waals surface area contributed by atoms with Crippen molar-refractivity contribution in [2.24, 2.45) is 11.3 Å². The maximum atomic E-state index is 13.3. The van der Waals surface area contributed by atoms with Gasteiger partial charge in [0, 0.05) is 22.8 Å². The van der Waals surface area contributed by atoms with Gasteiger partial charge in [-0.1, -0.05) is 30.3 Å². The lowest BCUT2D eigenvalue weighted by Gasteiger charge is -2.59. The predicted molar refractivity (Wildman–Crippen MR) is 110 cm³/mol. The summed E-state index contributed by atoms with van der Waals surface area (Å²) in [7, 11) is 0. The number of nitrogens with zero attached hydrogens (tertiary/aromatic N) is 2. The number of piperidine rings is 1. The number of benzene rings is 1. The lowest BCUT2D eigenvalue weighted by atomic mass is 9.62. The average molecular weight is 381 g/mol. The molecular formula is C23H28N2OS. The fraction of sp³-hybridized carbons (Fsp3) is 0.522. The molecule has 0 unspecified atom stereocenters. The SMILES string of the molecule is Cc1ccc(CN2CCC3(CC2)C(=O)N(CC2CC2)[C@@H]3c2ccccc2)s1. The largest absolute Gasteiger partial charge is 0.334 e. The highest BCUT2D eigenvalue weighted by Crippen LogP contribution is 2.57. The van der Waals surface area contributed by atoms with Crippen LogP contribution in [0.2, 0.25) is 0 Å². The van der Waals surface area contributed by atoms with Crippen molar-refractivity contribution in [3.63, 3.8) is 0 Å². The van der Waals surface area contributed by atoms with E-state index in [0.717, 1.165) is 44.9 Å². The van der Waals surface area contributed by atoms with E-state index < -0.39 is 0 Å². The van der Waals surface area contributed by atoms with E-state index in [4.69, 9.17) is 0 Å². The Bertz CT molecular complexity index is 818. The zero-order valence-corrected chi connectivity index (χ0v) is 16.9. The first-order valence-electron chi connectivity index (χ1n) is 10.3. The first kappa shape index (κ1) is 17.4. The molecule has 1 amide bonds. The van der Waals surface area contributed by atoms with Crippen molar-refractivity contribution in [1.29, 1.82) is 0 Å². The van der Waals surface area contributed by atoms with Crippen molar-refractivity contribution >= 4 is 17.2 Å². The number of hydrogen-bond acceptors (Lipinski definition) is 3. The van der Waals surface area contributed by atoms with Gasteiger partial charge >= 0.3 is 0 Å². The highest BCUT2D eigenvalue weighted by atomic mass is 32.1. The molecule has 1 spiro atoms. The molecule has 3 aliphatic rings. The standard InChI is InChI=1S/C23H28N2OS/c1-17-7-10-20(27-17)16-24-13-11-23(12-14-24)21(19-5-3-2-4-6-19)25(22(23)26)15-18-8-9-18/h2-7,10,18,21H,8-9,11-16H2,1H3/t21-/m1/s1. The monoisotopic (exact) mass is 380 g/mol. The lowest BCUT2D eigenvalue weighted by Crippen LogP contribution is -2.66. The smallest absolute Gasteiger partial charge is 0.231 e. The van der Waals surface area contributed by atoms with Gasteiger partial charge in [-0.15, -0.1) is 11.3 Å². The molecule has 142 valence electrons. The molecule has 1 aromatic carbocycles. The molecule has 5 rings (SSSR count). The third-order valence-corrected chi connectivity index (χ3v) is 7.70. The van der Waals surface area contributed by atoms with Crippen LogP contribution in [0.3, 0.4) is 0 Å². The van der Waals surface area contributed by atoms with E-state index in [2.05, 4.69) is 59.2 Å². The molecule has 0 N–H and O–H groups in total. The van der Waals surface area contributed by atoms with Gasteiger partial charge in [-0.2, -0.15) is 0 Å². The van der Waals surface area contributed by atoms with E-state index >= 15 is 0 Å². The van der Waals surface area contributed by atoms with Gasteiger partial charge in [-0.3, -0.25) is 9.69 Å². The summed E-state index contributed by atoms with van der Waals surface area (Å²) in [5.41, 5.74) is 1.18. The molecule has 0 radical (unpaired) electrons. The second-order valence-corrected chi connectivity index (χ2v) is 10.0. The summed E-state index contributed by atoms with van der Waals surface area (Å²) in [6.07, 6.45) is 4.59. The van der Waals surface area contributed by atoms with Crippen molar-refractivity contribution in [2.45, 2.75) is 45.2 Å².